The zero-order valence-electron chi connectivity index (χ0n) is 14.2. The molecule has 0 radical (unpaired) electrons. The van der Waals surface area contributed by atoms with Crippen molar-refractivity contribution in [1.29, 1.82) is 5.26 Å². The fraction of sp³-hybridized carbons (Fsp3) is 0.158. The number of amides is 1. The van der Waals surface area contributed by atoms with E-state index >= 15 is 0 Å². The molecule has 6 nitrogen and oxygen atoms in total. The van der Waals surface area contributed by atoms with Crippen LogP contribution in [-0.2, 0) is 4.79 Å². The number of rotatable bonds is 6. The van der Waals surface area contributed by atoms with Gasteiger partial charge in [0.25, 0.3) is 5.91 Å². The number of benzene rings is 2. The molecule has 0 atom stereocenters. The summed E-state index contributed by atoms with van der Waals surface area (Å²) in [7, 11) is 4.58. The zero-order valence-corrected chi connectivity index (χ0v) is 14.2. The molecule has 0 heterocycles. The summed E-state index contributed by atoms with van der Waals surface area (Å²) in [6.45, 7) is 0. The van der Waals surface area contributed by atoms with Crippen LogP contribution in [0.25, 0.3) is 6.08 Å². The molecular formula is C19H18N2O4. The lowest BCUT2D eigenvalue weighted by Gasteiger charge is -2.10. The topological polar surface area (TPSA) is 80.6 Å². The molecule has 1 N–H and O–H groups in total. The van der Waals surface area contributed by atoms with Crippen LogP contribution in [0.1, 0.15) is 5.56 Å². The predicted molar refractivity (Wildman–Crippen MR) is 94.8 cm³/mol. The molecule has 0 aliphatic carbocycles. The van der Waals surface area contributed by atoms with Gasteiger partial charge < -0.3 is 19.5 Å². The smallest absolute Gasteiger partial charge is 0.266 e. The van der Waals surface area contributed by atoms with Gasteiger partial charge in [-0.05, 0) is 36.4 Å². The summed E-state index contributed by atoms with van der Waals surface area (Å²) in [4.78, 5) is 12.4. The highest BCUT2D eigenvalue weighted by molar-refractivity contribution is 6.09. The van der Waals surface area contributed by atoms with E-state index in [1.807, 2.05) is 6.07 Å². The Balaban J connectivity index is 2.28. The minimum absolute atomic E-state index is 0.0534. The molecule has 6 heteroatoms. The van der Waals surface area contributed by atoms with Crippen LogP contribution in [0.4, 0.5) is 5.69 Å². The Hall–Kier alpha value is -3.46. The average Bonchev–Trinajstić information content (AvgIpc) is 2.66. The predicted octanol–water partition coefficient (Wildman–Crippen LogP) is 3.26. The number of carbonyl (C=O) groups excluding carboxylic acids is 1. The second-order valence-electron chi connectivity index (χ2n) is 4.94. The quantitative estimate of drug-likeness (QED) is 0.646. The number of nitrogens with one attached hydrogen (secondary N) is 1. The second kappa shape index (κ2) is 8.41. The molecule has 0 bridgehead atoms. The van der Waals surface area contributed by atoms with E-state index in [9.17, 15) is 10.1 Å². The standard InChI is InChI=1S/C19H18N2O4/c1-23-16-9-7-15(8-10-16)21-19(22)14(12-20)11-13-5-4-6-17(24-2)18(13)25-3/h4-11H,1-3H3,(H,21,22)/b14-11-. The minimum Gasteiger partial charge on any atom is -0.497 e. The van der Waals surface area contributed by atoms with Gasteiger partial charge in [-0.2, -0.15) is 5.26 Å². The Labute approximate surface area is 146 Å². The van der Waals surface area contributed by atoms with Gasteiger partial charge in [-0.25, -0.2) is 0 Å². The third kappa shape index (κ3) is 4.30. The first-order chi connectivity index (χ1) is 12.1. The van der Waals surface area contributed by atoms with Crippen molar-refractivity contribution in [3.8, 4) is 23.3 Å². The Morgan fingerprint density at radius 3 is 2.32 bits per heavy atom. The molecule has 1 amide bonds. The Morgan fingerprint density at radius 1 is 1.04 bits per heavy atom. The number of para-hydroxylation sites is 1. The lowest BCUT2D eigenvalue weighted by Crippen LogP contribution is -2.13. The highest BCUT2D eigenvalue weighted by Gasteiger charge is 2.13. The molecule has 0 unspecified atom stereocenters. The van der Waals surface area contributed by atoms with Crippen molar-refractivity contribution in [3.63, 3.8) is 0 Å². The molecule has 0 aliphatic heterocycles. The lowest BCUT2D eigenvalue weighted by atomic mass is 10.1. The monoisotopic (exact) mass is 338 g/mol. The lowest BCUT2D eigenvalue weighted by molar-refractivity contribution is -0.112. The van der Waals surface area contributed by atoms with E-state index in [1.165, 1.54) is 20.3 Å². The van der Waals surface area contributed by atoms with Crippen molar-refractivity contribution in [2.45, 2.75) is 0 Å². The summed E-state index contributed by atoms with van der Waals surface area (Å²) in [5, 5.41) is 12.0. The maximum atomic E-state index is 12.4. The van der Waals surface area contributed by atoms with E-state index in [2.05, 4.69) is 5.32 Å². The number of ether oxygens (including phenoxy) is 3. The van der Waals surface area contributed by atoms with Crippen molar-refractivity contribution in [2.75, 3.05) is 26.6 Å². The van der Waals surface area contributed by atoms with Crippen molar-refractivity contribution >= 4 is 17.7 Å². The summed E-state index contributed by atoms with van der Waals surface area (Å²) >= 11 is 0. The number of methoxy groups -OCH3 is 3. The number of nitrogens with zero attached hydrogens (tertiary/aromatic N) is 1. The highest BCUT2D eigenvalue weighted by Crippen LogP contribution is 2.32. The first-order valence-electron chi connectivity index (χ1n) is 7.41. The van der Waals surface area contributed by atoms with Crippen LogP contribution in [0.5, 0.6) is 17.2 Å². The van der Waals surface area contributed by atoms with Crippen molar-refractivity contribution in [1.82, 2.24) is 0 Å². The maximum Gasteiger partial charge on any atom is 0.266 e. The molecule has 2 aromatic carbocycles. The summed E-state index contributed by atoms with van der Waals surface area (Å²) < 4.78 is 15.6. The van der Waals surface area contributed by atoms with Crippen LogP contribution in [0, 0.1) is 11.3 Å². The average molecular weight is 338 g/mol. The minimum atomic E-state index is -0.516. The van der Waals surface area contributed by atoms with Crippen LogP contribution in [-0.4, -0.2) is 27.2 Å². The van der Waals surface area contributed by atoms with Crippen LogP contribution in [0.15, 0.2) is 48.0 Å². The highest BCUT2D eigenvalue weighted by atomic mass is 16.5. The van der Waals surface area contributed by atoms with E-state index in [0.29, 0.717) is 28.5 Å². The largest absolute Gasteiger partial charge is 0.497 e. The number of anilines is 1. The molecule has 0 saturated heterocycles. The number of nitriles is 1. The molecule has 0 spiro atoms. The number of hydrogen-bond donors (Lipinski definition) is 1. The summed E-state index contributed by atoms with van der Waals surface area (Å²) in [5.74, 6) is 1.13. The van der Waals surface area contributed by atoms with E-state index < -0.39 is 5.91 Å². The van der Waals surface area contributed by atoms with Gasteiger partial charge in [0.1, 0.15) is 17.4 Å². The van der Waals surface area contributed by atoms with Crippen LogP contribution in [0.3, 0.4) is 0 Å². The molecule has 0 aromatic heterocycles. The molecular weight excluding hydrogens is 320 g/mol. The van der Waals surface area contributed by atoms with Crippen molar-refractivity contribution in [2.24, 2.45) is 0 Å². The fourth-order valence-corrected chi connectivity index (χ4v) is 2.20. The van der Waals surface area contributed by atoms with Gasteiger partial charge in [0.15, 0.2) is 11.5 Å². The van der Waals surface area contributed by atoms with Crippen LogP contribution >= 0.6 is 0 Å². The van der Waals surface area contributed by atoms with Crippen molar-refractivity contribution < 1.29 is 19.0 Å². The van der Waals surface area contributed by atoms with Gasteiger partial charge in [0.2, 0.25) is 0 Å². The summed E-state index contributed by atoms with van der Waals surface area (Å²) in [5.41, 5.74) is 1.08. The van der Waals surface area contributed by atoms with Gasteiger partial charge in [-0.15, -0.1) is 0 Å². The van der Waals surface area contributed by atoms with Gasteiger partial charge >= 0.3 is 0 Å². The first kappa shape index (κ1) is 17.9. The molecule has 2 aromatic rings. The third-order valence-electron chi connectivity index (χ3n) is 3.45. The van der Waals surface area contributed by atoms with E-state index in [0.717, 1.165) is 0 Å². The first-order valence-corrected chi connectivity index (χ1v) is 7.41. The van der Waals surface area contributed by atoms with Crippen molar-refractivity contribution in [3.05, 3.63) is 53.6 Å². The Morgan fingerprint density at radius 2 is 1.76 bits per heavy atom. The summed E-state index contributed by atoms with van der Waals surface area (Å²) in [6, 6.07) is 14.0. The van der Waals surface area contributed by atoms with Gasteiger partial charge in [0, 0.05) is 11.3 Å². The number of hydrogen-bond acceptors (Lipinski definition) is 5. The molecule has 128 valence electrons. The Kier molecular flexibility index (Phi) is 6.02. The molecule has 0 saturated carbocycles. The SMILES string of the molecule is COc1ccc(NC(=O)/C(C#N)=C\c2cccc(OC)c2OC)cc1. The van der Waals surface area contributed by atoms with E-state index in [-0.39, 0.29) is 5.57 Å². The zero-order chi connectivity index (χ0) is 18.2. The molecule has 0 fully saturated rings. The van der Waals surface area contributed by atoms with E-state index in [1.54, 1.807) is 49.6 Å². The molecule has 0 aliphatic rings. The normalized spacial score (nSPS) is 10.6. The Bertz CT molecular complexity index is 820. The van der Waals surface area contributed by atoms with Crippen LogP contribution < -0.4 is 19.5 Å². The van der Waals surface area contributed by atoms with Crippen LogP contribution in [0.2, 0.25) is 0 Å². The van der Waals surface area contributed by atoms with Gasteiger partial charge in [0.05, 0.1) is 21.3 Å². The maximum absolute atomic E-state index is 12.4. The molecule has 25 heavy (non-hydrogen) atoms. The van der Waals surface area contributed by atoms with Gasteiger partial charge in [-0.1, -0.05) is 12.1 Å². The van der Waals surface area contributed by atoms with Gasteiger partial charge in [-0.3, -0.25) is 4.79 Å². The van der Waals surface area contributed by atoms with E-state index in [4.69, 9.17) is 14.2 Å². The summed E-state index contributed by atoms with van der Waals surface area (Å²) in [6.07, 6.45) is 1.46. The number of carbonyl (C=O) groups is 1. The second-order valence-corrected chi connectivity index (χ2v) is 4.94. The third-order valence-corrected chi connectivity index (χ3v) is 3.45. The molecule has 2 rings (SSSR count). The fourth-order valence-electron chi connectivity index (χ4n) is 2.20.